The first kappa shape index (κ1) is 17.7. The van der Waals surface area contributed by atoms with Crippen LogP contribution >= 0.6 is 8.58 Å². The van der Waals surface area contributed by atoms with Gasteiger partial charge in [-0.2, -0.15) is 4.99 Å². The summed E-state index contributed by atoms with van der Waals surface area (Å²) in [5.74, 6) is 0.311. The molecule has 0 radical (unpaired) electrons. The molecule has 0 saturated carbocycles. The van der Waals surface area contributed by atoms with Crippen molar-refractivity contribution in [3.8, 4) is 0 Å². The molecule has 2 N–H and O–H groups in total. The van der Waals surface area contributed by atoms with Crippen LogP contribution in [0.3, 0.4) is 0 Å². The molecule has 0 amide bonds. The third-order valence-corrected chi connectivity index (χ3v) is 6.21. The highest BCUT2D eigenvalue weighted by Gasteiger charge is 2.23. The maximum Gasteiger partial charge on any atom is 0.349 e. The molecule has 3 heteroatoms. The van der Waals surface area contributed by atoms with Gasteiger partial charge in [-0.3, -0.25) is 0 Å². The van der Waals surface area contributed by atoms with E-state index in [9.17, 15) is 5.11 Å². The number of aryl methyl sites for hydroxylation is 1. The van der Waals surface area contributed by atoms with Gasteiger partial charge in [-0.05, 0) is 46.8 Å². The van der Waals surface area contributed by atoms with Gasteiger partial charge in [-0.15, -0.1) is 8.58 Å². The van der Waals surface area contributed by atoms with Gasteiger partial charge in [0.05, 0.1) is 0 Å². The maximum atomic E-state index is 11.0. The lowest BCUT2D eigenvalue weighted by molar-refractivity contribution is -0.367. The molecule has 4 aromatic rings. The molecule has 0 aromatic heterocycles. The van der Waals surface area contributed by atoms with Gasteiger partial charge >= 0.3 is 5.90 Å². The molecule has 0 spiro atoms. The Balaban J connectivity index is 1.80. The minimum atomic E-state index is -0.0398. The van der Waals surface area contributed by atoms with E-state index >= 15 is 0 Å². The van der Waals surface area contributed by atoms with E-state index < -0.39 is 0 Å². The maximum absolute atomic E-state index is 11.0. The van der Waals surface area contributed by atoms with Crippen molar-refractivity contribution in [1.82, 2.24) is 0 Å². The number of aliphatic hydroxyl groups is 1. The second kappa shape index (κ2) is 7.50. The number of hydrogen-bond acceptors (Lipinski definition) is 0. The van der Waals surface area contributed by atoms with Crippen molar-refractivity contribution < 1.29 is 10.1 Å². The fourth-order valence-electron chi connectivity index (χ4n) is 3.64. The predicted octanol–water partition coefficient (Wildman–Crippen LogP) is 5.02. The molecular formula is C24H23NOP+. The van der Waals surface area contributed by atoms with Crippen molar-refractivity contribution in [2.24, 2.45) is 0 Å². The molecule has 0 fully saturated rings. The van der Waals surface area contributed by atoms with Crippen molar-refractivity contribution in [1.29, 1.82) is 0 Å². The Bertz CT molecular complexity index is 1140. The van der Waals surface area contributed by atoms with E-state index in [1.165, 1.54) is 21.5 Å². The fraction of sp³-hybridized carbons (Fsp3) is 0.125. The summed E-state index contributed by atoms with van der Waals surface area (Å²) in [4.78, 5) is 3.30. The third kappa shape index (κ3) is 3.46. The summed E-state index contributed by atoms with van der Waals surface area (Å²) in [5, 5.41) is 15.8. The van der Waals surface area contributed by atoms with Crippen LogP contribution in [-0.2, 0) is 0 Å². The van der Waals surface area contributed by atoms with E-state index in [0.717, 1.165) is 16.8 Å². The summed E-state index contributed by atoms with van der Waals surface area (Å²) < 4.78 is 0. The summed E-state index contributed by atoms with van der Waals surface area (Å²) in [6.45, 7) is 4.21. The topological polar surface area (TPSA) is 34.2 Å². The van der Waals surface area contributed by atoms with Gasteiger partial charge in [0.2, 0.25) is 5.69 Å². The quantitative estimate of drug-likeness (QED) is 0.294. The normalized spacial score (nSPS) is 13.6. The van der Waals surface area contributed by atoms with Gasteiger partial charge < -0.3 is 5.11 Å². The molecule has 0 aliphatic carbocycles. The third-order valence-electron chi connectivity index (χ3n) is 5.05. The van der Waals surface area contributed by atoms with Gasteiger partial charge in [0.15, 0.2) is 0 Å². The van der Waals surface area contributed by atoms with E-state index in [0.29, 0.717) is 14.5 Å². The van der Waals surface area contributed by atoms with Gasteiger partial charge in [0.25, 0.3) is 0 Å². The summed E-state index contributed by atoms with van der Waals surface area (Å²) in [6.07, 6.45) is 0. The van der Waals surface area contributed by atoms with E-state index in [2.05, 4.69) is 85.3 Å². The summed E-state index contributed by atoms with van der Waals surface area (Å²) in [5.41, 5.74) is 3.20. The molecule has 2 unspecified atom stereocenters. The van der Waals surface area contributed by atoms with Crippen molar-refractivity contribution in [2.45, 2.75) is 12.6 Å². The average molecular weight is 372 g/mol. The molecule has 4 aromatic carbocycles. The molecule has 2 atom stereocenters. The Labute approximate surface area is 161 Å². The van der Waals surface area contributed by atoms with Gasteiger partial charge in [0.1, 0.15) is 5.66 Å². The number of fused-ring (bicyclic) bond motifs is 2. The molecule has 0 heterocycles. The van der Waals surface area contributed by atoms with Crippen LogP contribution in [0.4, 0.5) is 5.69 Å². The minimum Gasteiger partial charge on any atom is -0.462 e. The van der Waals surface area contributed by atoms with E-state index in [1.54, 1.807) is 0 Å². The Hall–Kier alpha value is -2.70. The second-order valence-corrected chi connectivity index (χ2v) is 7.97. The molecule has 27 heavy (non-hydrogen) atoms. The van der Waals surface area contributed by atoms with E-state index in [-0.39, 0.29) is 5.66 Å². The van der Waals surface area contributed by atoms with Crippen LogP contribution < -0.4 is 4.99 Å². The molecular weight excluding hydrogens is 349 g/mol. The minimum absolute atomic E-state index is 0.0398. The largest absolute Gasteiger partial charge is 0.462 e. The van der Waals surface area contributed by atoms with Crippen molar-refractivity contribution >= 4 is 41.7 Å². The van der Waals surface area contributed by atoms with Crippen molar-refractivity contribution in [3.05, 3.63) is 90.0 Å². The van der Waals surface area contributed by atoms with Crippen LogP contribution in [0.1, 0.15) is 16.8 Å². The first-order chi connectivity index (χ1) is 13.2. The molecule has 0 saturated heterocycles. The number of benzene rings is 4. The number of hydrogen-bond donors (Lipinski definition) is 2. The monoisotopic (exact) mass is 372 g/mol. The van der Waals surface area contributed by atoms with Gasteiger partial charge in [-0.25, -0.2) is 0 Å². The zero-order valence-corrected chi connectivity index (χ0v) is 16.5. The number of aliphatic hydroxyl groups excluding tert-OH is 1. The summed E-state index contributed by atoms with van der Waals surface area (Å²) in [6, 6.07) is 27.2. The van der Waals surface area contributed by atoms with Crippen LogP contribution in [0.25, 0.3) is 21.5 Å². The Morgan fingerprint density at radius 2 is 1.48 bits per heavy atom. The molecule has 2 nitrogen and oxygen atoms in total. The lowest BCUT2D eigenvalue weighted by atomic mass is 10.0. The molecule has 0 bridgehead atoms. The smallest absolute Gasteiger partial charge is 0.349 e. The van der Waals surface area contributed by atoms with Crippen LogP contribution in [-0.4, -0.2) is 17.7 Å². The second-order valence-electron chi connectivity index (χ2n) is 6.81. The highest BCUT2D eigenvalue weighted by molar-refractivity contribution is 7.38. The summed E-state index contributed by atoms with van der Waals surface area (Å²) >= 11 is 0. The number of rotatable bonds is 4. The Morgan fingerprint density at radius 3 is 2.22 bits per heavy atom. The van der Waals surface area contributed by atoms with Crippen LogP contribution in [0.15, 0.2) is 78.9 Å². The van der Waals surface area contributed by atoms with Crippen LogP contribution in [0, 0.1) is 6.92 Å². The molecule has 134 valence electrons. The van der Waals surface area contributed by atoms with Crippen LogP contribution in [0.2, 0.25) is 0 Å². The zero-order chi connectivity index (χ0) is 18.8. The lowest BCUT2D eigenvalue weighted by Gasteiger charge is -2.13. The average Bonchev–Trinajstić information content (AvgIpc) is 2.69. The molecule has 4 rings (SSSR count). The first-order valence-corrected chi connectivity index (χ1v) is 10.7. The van der Waals surface area contributed by atoms with Gasteiger partial charge in [0, 0.05) is 11.6 Å². The first-order valence-electron chi connectivity index (χ1n) is 9.14. The SMILES string of the molecule is CPC(C(O)=[NH+]c1cc2ccccc2cc1C)c1cccc2ccccc12. The Morgan fingerprint density at radius 1 is 0.852 bits per heavy atom. The molecule has 0 aliphatic rings. The Kier molecular flexibility index (Phi) is 4.92. The standard InChI is InChI=1S/C24H22NOP/c1-16-14-18-9-3-4-10-19(18)15-22(16)25-24(26)23(27-2)21-13-7-11-17-8-5-6-12-20(17)21/h3-15,23,27H,1-2H3,(H,25,26)/p+1. The number of nitrogens with one attached hydrogen (secondary N) is 1. The highest BCUT2D eigenvalue weighted by atomic mass is 31.1. The lowest BCUT2D eigenvalue weighted by Crippen LogP contribution is -2.67. The molecule has 0 aliphatic heterocycles. The fourth-order valence-corrected chi connectivity index (χ4v) is 4.55. The van der Waals surface area contributed by atoms with E-state index in [4.69, 9.17) is 0 Å². The highest BCUT2D eigenvalue weighted by Crippen LogP contribution is 2.36. The predicted molar refractivity (Wildman–Crippen MR) is 118 cm³/mol. The van der Waals surface area contributed by atoms with Gasteiger partial charge in [-0.1, -0.05) is 66.7 Å². The van der Waals surface area contributed by atoms with Crippen molar-refractivity contribution in [3.63, 3.8) is 0 Å². The van der Waals surface area contributed by atoms with E-state index in [1.807, 2.05) is 12.1 Å². The zero-order valence-electron chi connectivity index (χ0n) is 15.5. The summed E-state index contributed by atoms with van der Waals surface area (Å²) in [7, 11) is 0.550. The van der Waals surface area contributed by atoms with Crippen molar-refractivity contribution in [2.75, 3.05) is 6.66 Å². The van der Waals surface area contributed by atoms with Crippen LogP contribution in [0.5, 0.6) is 0 Å².